The highest BCUT2D eigenvalue weighted by molar-refractivity contribution is 8.33. The standard InChI is InChI=1S/C13H26O4S2/c1-4-6-8-19(15,16)17-18(11-13(14)5-2)9-7-12(3)10-18/h12H,4-11H2,1-3H3. The molecule has 6 heteroatoms. The number of rotatable bonds is 8. The van der Waals surface area contributed by atoms with Crippen LogP contribution in [0.1, 0.15) is 46.5 Å². The minimum atomic E-state index is -3.48. The van der Waals surface area contributed by atoms with Crippen LogP contribution >= 0.6 is 10.3 Å². The van der Waals surface area contributed by atoms with Gasteiger partial charge in [-0.15, -0.1) is 10.3 Å². The van der Waals surface area contributed by atoms with E-state index in [0.29, 0.717) is 24.5 Å². The van der Waals surface area contributed by atoms with E-state index in [1.807, 2.05) is 13.8 Å². The van der Waals surface area contributed by atoms with Crippen LogP contribution in [0, 0.1) is 5.92 Å². The molecule has 1 heterocycles. The molecule has 1 saturated heterocycles. The van der Waals surface area contributed by atoms with Gasteiger partial charge >= 0.3 is 0 Å². The lowest BCUT2D eigenvalue weighted by Crippen LogP contribution is -2.23. The predicted octanol–water partition coefficient (Wildman–Crippen LogP) is 2.87. The number of hydrogen-bond acceptors (Lipinski definition) is 4. The minimum absolute atomic E-state index is 0.0763. The Kier molecular flexibility index (Phi) is 6.33. The van der Waals surface area contributed by atoms with E-state index in [9.17, 15) is 13.2 Å². The number of hydrogen-bond donors (Lipinski definition) is 0. The third-order valence-electron chi connectivity index (χ3n) is 3.39. The highest BCUT2D eigenvalue weighted by atomic mass is 32.3. The molecule has 1 rings (SSSR count). The van der Waals surface area contributed by atoms with Gasteiger partial charge in [0.15, 0.2) is 0 Å². The highest BCUT2D eigenvalue weighted by Gasteiger charge is 2.38. The predicted molar refractivity (Wildman–Crippen MR) is 81.1 cm³/mol. The summed E-state index contributed by atoms with van der Waals surface area (Å²) in [7, 11) is -5.23. The molecule has 1 aliphatic rings. The zero-order valence-corrected chi connectivity index (χ0v) is 13.8. The Morgan fingerprint density at radius 3 is 2.53 bits per heavy atom. The number of carbonyl (C=O) groups is 1. The molecule has 4 nitrogen and oxygen atoms in total. The second-order valence-corrected chi connectivity index (χ2v) is 10.5. The van der Waals surface area contributed by atoms with E-state index >= 15 is 0 Å². The molecule has 0 aliphatic carbocycles. The first kappa shape index (κ1) is 17.0. The average molecular weight is 310 g/mol. The van der Waals surface area contributed by atoms with Crippen LogP contribution in [-0.2, 0) is 18.5 Å². The van der Waals surface area contributed by atoms with E-state index in [2.05, 4.69) is 6.92 Å². The second-order valence-electron chi connectivity index (χ2n) is 5.45. The van der Waals surface area contributed by atoms with Crippen molar-refractivity contribution in [3.63, 3.8) is 0 Å². The molecule has 1 aliphatic heterocycles. The van der Waals surface area contributed by atoms with E-state index in [1.165, 1.54) is 0 Å². The second kappa shape index (κ2) is 7.09. The average Bonchev–Trinajstić information content (AvgIpc) is 2.67. The van der Waals surface area contributed by atoms with Crippen LogP contribution < -0.4 is 0 Å². The van der Waals surface area contributed by atoms with Crippen LogP contribution in [0.15, 0.2) is 0 Å². The molecule has 1 fully saturated rings. The maximum Gasteiger partial charge on any atom is 0.276 e. The van der Waals surface area contributed by atoms with Crippen molar-refractivity contribution < 1.29 is 16.8 Å². The molecule has 19 heavy (non-hydrogen) atoms. The lowest BCUT2D eigenvalue weighted by molar-refractivity contribution is -0.116. The molecular formula is C13H26O4S2. The van der Waals surface area contributed by atoms with E-state index in [-0.39, 0.29) is 11.5 Å². The lowest BCUT2D eigenvalue weighted by Gasteiger charge is -2.33. The normalized spacial score (nSPS) is 31.0. The van der Waals surface area contributed by atoms with Crippen LogP contribution in [-0.4, -0.2) is 37.2 Å². The van der Waals surface area contributed by atoms with Crippen molar-refractivity contribution in [3.05, 3.63) is 0 Å². The van der Waals surface area contributed by atoms with Gasteiger partial charge in [-0.2, -0.15) is 8.42 Å². The van der Waals surface area contributed by atoms with Gasteiger partial charge in [-0.05, 0) is 18.8 Å². The molecule has 0 radical (unpaired) electrons. The van der Waals surface area contributed by atoms with E-state index in [1.54, 1.807) is 0 Å². The van der Waals surface area contributed by atoms with Gasteiger partial charge in [-0.1, -0.05) is 27.2 Å². The topological polar surface area (TPSA) is 60.4 Å². The van der Waals surface area contributed by atoms with Crippen molar-refractivity contribution >= 4 is 26.2 Å². The summed E-state index contributed by atoms with van der Waals surface area (Å²) in [6.07, 6.45) is 2.88. The van der Waals surface area contributed by atoms with Crippen molar-refractivity contribution in [3.8, 4) is 0 Å². The highest BCUT2D eigenvalue weighted by Crippen LogP contribution is 2.57. The van der Waals surface area contributed by atoms with E-state index in [0.717, 1.165) is 24.3 Å². The molecule has 0 saturated carbocycles. The van der Waals surface area contributed by atoms with Gasteiger partial charge in [-0.3, -0.25) is 4.79 Å². The van der Waals surface area contributed by atoms with Gasteiger partial charge in [-0.25, -0.2) is 3.63 Å². The molecule has 0 N–H and O–H groups in total. The minimum Gasteiger partial charge on any atom is -0.299 e. The molecular weight excluding hydrogens is 284 g/mol. The Hall–Kier alpha value is -0.0700. The Morgan fingerprint density at radius 2 is 2.05 bits per heavy atom. The summed E-state index contributed by atoms with van der Waals surface area (Å²) in [4.78, 5) is 11.7. The van der Waals surface area contributed by atoms with Crippen molar-refractivity contribution in [2.75, 3.05) is 23.0 Å². The Bertz CT molecular complexity index is 405. The van der Waals surface area contributed by atoms with Gasteiger partial charge in [0.25, 0.3) is 10.1 Å². The Morgan fingerprint density at radius 1 is 1.37 bits per heavy atom. The fraction of sp³-hybridized carbons (Fsp3) is 0.923. The lowest BCUT2D eigenvalue weighted by atomic mass is 10.2. The van der Waals surface area contributed by atoms with Gasteiger partial charge < -0.3 is 0 Å². The zero-order chi connectivity index (χ0) is 14.5. The summed E-state index contributed by atoms with van der Waals surface area (Å²) in [5.41, 5.74) is 0. The van der Waals surface area contributed by atoms with Gasteiger partial charge in [0.1, 0.15) is 5.78 Å². The van der Waals surface area contributed by atoms with Crippen LogP contribution in [0.4, 0.5) is 0 Å². The maximum absolute atomic E-state index is 12.0. The summed E-state index contributed by atoms with van der Waals surface area (Å²) in [5.74, 6) is 2.48. The number of unbranched alkanes of at least 4 members (excludes halogenated alkanes) is 1. The maximum atomic E-state index is 12.0. The fourth-order valence-electron chi connectivity index (χ4n) is 2.29. The first-order valence-electron chi connectivity index (χ1n) is 7.04. The monoisotopic (exact) mass is 310 g/mol. The summed E-state index contributed by atoms with van der Waals surface area (Å²) >= 11 is 0. The number of Topliss-reactive ketones (excluding diaryl/α,β-unsaturated/α-hetero) is 1. The first-order chi connectivity index (χ1) is 8.82. The van der Waals surface area contributed by atoms with Gasteiger partial charge in [0, 0.05) is 17.9 Å². The smallest absolute Gasteiger partial charge is 0.276 e. The number of carbonyl (C=O) groups excluding carboxylic acids is 1. The summed E-state index contributed by atoms with van der Waals surface area (Å²) < 4.78 is 29.6. The van der Waals surface area contributed by atoms with E-state index in [4.69, 9.17) is 3.63 Å². The molecule has 0 aromatic heterocycles. The molecule has 0 aromatic rings. The summed E-state index contributed by atoms with van der Waals surface area (Å²) in [6, 6.07) is 0. The van der Waals surface area contributed by atoms with Gasteiger partial charge in [0.05, 0.1) is 11.5 Å². The van der Waals surface area contributed by atoms with Crippen LogP contribution in [0.2, 0.25) is 0 Å². The van der Waals surface area contributed by atoms with Crippen molar-refractivity contribution in [2.45, 2.75) is 46.5 Å². The molecule has 0 amide bonds. The van der Waals surface area contributed by atoms with Crippen LogP contribution in [0.5, 0.6) is 0 Å². The Balaban J connectivity index is 2.78. The van der Waals surface area contributed by atoms with Crippen molar-refractivity contribution in [2.24, 2.45) is 5.92 Å². The van der Waals surface area contributed by atoms with Crippen molar-refractivity contribution in [1.29, 1.82) is 0 Å². The van der Waals surface area contributed by atoms with Crippen molar-refractivity contribution in [1.82, 2.24) is 0 Å². The largest absolute Gasteiger partial charge is 0.299 e. The van der Waals surface area contributed by atoms with Crippen LogP contribution in [0.25, 0.3) is 0 Å². The van der Waals surface area contributed by atoms with E-state index < -0.39 is 20.4 Å². The molecule has 0 aromatic carbocycles. The SMILES string of the molecule is CCCCS(=O)(=O)OS1(CC(=O)CC)CCC(C)C1. The number of ketones is 1. The van der Waals surface area contributed by atoms with Crippen LogP contribution in [0.3, 0.4) is 0 Å². The first-order valence-corrected chi connectivity index (χ1v) is 10.7. The third kappa shape index (κ3) is 5.44. The molecule has 0 spiro atoms. The van der Waals surface area contributed by atoms with Gasteiger partial charge in [0.2, 0.25) is 0 Å². The summed E-state index contributed by atoms with van der Waals surface area (Å²) in [5, 5.41) is 0. The fourth-order valence-corrected chi connectivity index (χ4v) is 8.90. The quantitative estimate of drug-likeness (QED) is 0.691. The molecule has 2 unspecified atom stereocenters. The molecule has 0 bridgehead atoms. The third-order valence-corrected chi connectivity index (χ3v) is 9.16. The Labute approximate surface area is 118 Å². The molecule has 2 atom stereocenters. The molecule has 114 valence electrons. The zero-order valence-electron chi connectivity index (χ0n) is 12.2. The summed E-state index contributed by atoms with van der Waals surface area (Å²) in [6.45, 7) is 5.88.